The molecule has 0 saturated heterocycles. The molecule has 0 N–H and O–H groups in total. The second kappa shape index (κ2) is 62.6. The number of carbonyl (C=O) groups excluding carboxylic acids is 3. The van der Waals surface area contributed by atoms with Crippen molar-refractivity contribution in [3.63, 3.8) is 0 Å². The summed E-state index contributed by atoms with van der Waals surface area (Å²) < 4.78 is 16.8. The third-order valence-corrected chi connectivity index (χ3v) is 13.2. The Bertz CT molecular complexity index is 1450. The largest absolute Gasteiger partial charge is 0.462 e. The van der Waals surface area contributed by atoms with Crippen LogP contribution >= 0.6 is 0 Å². The summed E-state index contributed by atoms with van der Waals surface area (Å²) in [6, 6.07) is 0. The maximum atomic E-state index is 12.9. The van der Waals surface area contributed by atoms with Crippen LogP contribution in [-0.4, -0.2) is 37.2 Å². The summed E-state index contributed by atoms with van der Waals surface area (Å²) in [7, 11) is 0. The first-order valence-corrected chi connectivity index (χ1v) is 31.4. The van der Waals surface area contributed by atoms with E-state index in [0.717, 1.165) is 77.0 Å². The molecule has 0 saturated carbocycles. The van der Waals surface area contributed by atoms with Crippen molar-refractivity contribution in [2.45, 2.75) is 297 Å². The minimum absolute atomic E-state index is 0.112. The Balaban J connectivity index is 4.50. The zero-order valence-electron chi connectivity index (χ0n) is 49.0. The molecule has 0 spiro atoms. The summed E-state index contributed by atoms with van der Waals surface area (Å²) in [5.41, 5.74) is 0. The normalized spacial score (nSPS) is 12.5. The first kappa shape index (κ1) is 71.1. The van der Waals surface area contributed by atoms with Gasteiger partial charge in [0, 0.05) is 19.3 Å². The fraction of sp³-hybridized carbons (Fsp3) is 0.696. The van der Waals surface area contributed by atoms with Gasteiger partial charge in [0.2, 0.25) is 0 Å². The summed E-state index contributed by atoms with van der Waals surface area (Å²) in [4.78, 5) is 38.3. The molecule has 0 atom stereocenters. The highest BCUT2D eigenvalue weighted by molar-refractivity contribution is 5.71. The van der Waals surface area contributed by atoms with Gasteiger partial charge in [0.15, 0.2) is 6.10 Å². The van der Waals surface area contributed by atoms with Crippen molar-refractivity contribution in [1.82, 2.24) is 0 Å². The Morgan fingerprint density at radius 2 is 0.507 bits per heavy atom. The molecule has 0 aromatic carbocycles. The molecule has 6 heteroatoms. The maximum absolute atomic E-state index is 12.9. The number of hydrogen-bond donors (Lipinski definition) is 0. The summed E-state index contributed by atoms with van der Waals surface area (Å²) in [5, 5.41) is 0. The lowest BCUT2D eigenvalue weighted by atomic mass is 10.1. The van der Waals surface area contributed by atoms with E-state index in [-0.39, 0.29) is 31.6 Å². The number of carbonyl (C=O) groups is 3. The van der Waals surface area contributed by atoms with Gasteiger partial charge in [-0.15, -0.1) is 0 Å². The summed E-state index contributed by atoms with van der Waals surface area (Å²) >= 11 is 0. The highest BCUT2D eigenvalue weighted by atomic mass is 16.6. The first-order chi connectivity index (χ1) is 37.0. The minimum atomic E-state index is -0.824. The Labute approximate surface area is 463 Å². The van der Waals surface area contributed by atoms with Crippen LogP contribution in [0.25, 0.3) is 0 Å². The predicted molar refractivity (Wildman–Crippen MR) is 325 cm³/mol. The maximum Gasteiger partial charge on any atom is 0.306 e. The fourth-order valence-corrected chi connectivity index (χ4v) is 8.49. The Morgan fingerprint density at radius 3 is 0.800 bits per heavy atom. The van der Waals surface area contributed by atoms with Gasteiger partial charge in [0.25, 0.3) is 0 Å². The lowest BCUT2D eigenvalue weighted by Gasteiger charge is -2.18. The molecule has 0 heterocycles. The van der Waals surface area contributed by atoms with Crippen LogP contribution in [0.1, 0.15) is 290 Å². The van der Waals surface area contributed by atoms with Crippen molar-refractivity contribution in [2.75, 3.05) is 13.2 Å². The molecule has 428 valence electrons. The molecule has 0 rings (SSSR count). The van der Waals surface area contributed by atoms with Gasteiger partial charge in [-0.1, -0.05) is 259 Å². The molecule has 0 fully saturated rings. The van der Waals surface area contributed by atoms with Gasteiger partial charge >= 0.3 is 17.9 Å². The topological polar surface area (TPSA) is 78.9 Å². The predicted octanol–water partition coefficient (Wildman–Crippen LogP) is 21.4. The van der Waals surface area contributed by atoms with E-state index in [4.69, 9.17) is 14.2 Å². The highest BCUT2D eigenvalue weighted by Crippen LogP contribution is 2.15. The zero-order valence-corrected chi connectivity index (χ0v) is 49.0. The lowest BCUT2D eigenvalue weighted by Crippen LogP contribution is -2.30. The second-order valence-electron chi connectivity index (χ2n) is 20.6. The SMILES string of the molecule is CCCCC/C=C\C/C=C\C/C=C\C/C=C\C/C=C\CCC(=O)OC(COC(=O)CCCCCCCCCCC/C=C\C/C=C\CCCCC)COC(=O)CCCCCCCCCCC/C=C\C/C=C\CCCCC. The van der Waals surface area contributed by atoms with E-state index < -0.39 is 12.1 Å². The van der Waals surface area contributed by atoms with Crippen LogP contribution in [0.5, 0.6) is 0 Å². The minimum Gasteiger partial charge on any atom is -0.462 e. The number of ether oxygens (including phenoxy) is 3. The molecule has 0 aromatic rings. The van der Waals surface area contributed by atoms with E-state index in [9.17, 15) is 14.4 Å². The summed E-state index contributed by atoms with van der Waals surface area (Å²) in [5.74, 6) is -0.998. The van der Waals surface area contributed by atoms with Gasteiger partial charge in [-0.3, -0.25) is 14.4 Å². The molecule has 0 bridgehead atoms. The number of rotatable bonds is 56. The van der Waals surface area contributed by atoms with E-state index >= 15 is 0 Å². The van der Waals surface area contributed by atoms with Crippen LogP contribution in [0.4, 0.5) is 0 Å². The first-order valence-electron chi connectivity index (χ1n) is 31.4. The third kappa shape index (κ3) is 60.8. The van der Waals surface area contributed by atoms with Gasteiger partial charge in [-0.05, 0) is 122 Å². The van der Waals surface area contributed by atoms with Gasteiger partial charge in [0.05, 0.1) is 0 Å². The van der Waals surface area contributed by atoms with Crippen molar-refractivity contribution in [3.05, 3.63) is 109 Å². The average molecular weight is 1040 g/mol. The van der Waals surface area contributed by atoms with Crippen LogP contribution in [0.2, 0.25) is 0 Å². The molecular formula is C69H116O6. The van der Waals surface area contributed by atoms with Crippen molar-refractivity contribution < 1.29 is 28.6 Å². The molecule has 0 aromatic heterocycles. The molecule has 0 aliphatic heterocycles. The van der Waals surface area contributed by atoms with Gasteiger partial charge in [-0.25, -0.2) is 0 Å². The summed E-state index contributed by atoms with van der Waals surface area (Å²) in [6.07, 6.45) is 85.2. The second-order valence-corrected chi connectivity index (χ2v) is 20.6. The highest BCUT2D eigenvalue weighted by Gasteiger charge is 2.19. The van der Waals surface area contributed by atoms with Crippen molar-refractivity contribution in [1.29, 1.82) is 0 Å². The molecule has 0 aliphatic rings. The standard InChI is InChI=1S/C69H116O6/c1-4-7-10-13-16-19-22-25-28-31-34-37-40-43-46-49-52-55-58-61-67(70)73-64-66(75-69(72)63-60-57-54-51-48-45-42-39-36-33-30-27-24-21-18-15-12-9-6-3)65-74-68(71)62-59-56-53-50-47-44-41-38-35-32-29-26-23-20-17-14-11-8-5-2/h16-21,25-30,36,39,45,48,54,57,66H,4-15,22-24,31-35,37-38,40-44,46-47,49-53,55-56,58-65H2,1-3H3/b19-16-,20-17-,21-18-,28-25-,29-26-,30-27-,39-36-,48-45-,57-54-. The van der Waals surface area contributed by atoms with E-state index in [0.29, 0.717) is 19.3 Å². The molecule has 0 aliphatic carbocycles. The van der Waals surface area contributed by atoms with E-state index in [1.165, 1.54) is 167 Å². The van der Waals surface area contributed by atoms with Gasteiger partial charge < -0.3 is 14.2 Å². The number of unbranched alkanes of at least 4 members (excludes halogenated alkanes) is 27. The fourth-order valence-electron chi connectivity index (χ4n) is 8.49. The quantitative estimate of drug-likeness (QED) is 0.0261. The van der Waals surface area contributed by atoms with E-state index in [1.807, 2.05) is 6.08 Å². The molecule has 0 radical (unpaired) electrons. The third-order valence-electron chi connectivity index (χ3n) is 13.2. The molecule has 75 heavy (non-hydrogen) atoms. The van der Waals surface area contributed by atoms with Crippen LogP contribution in [-0.2, 0) is 28.6 Å². The van der Waals surface area contributed by atoms with Crippen molar-refractivity contribution >= 4 is 17.9 Å². The Morgan fingerprint density at radius 1 is 0.267 bits per heavy atom. The molecular weight excluding hydrogens is 925 g/mol. The van der Waals surface area contributed by atoms with Gasteiger partial charge in [-0.2, -0.15) is 0 Å². The van der Waals surface area contributed by atoms with E-state index in [2.05, 4.69) is 124 Å². The smallest absolute Gasteiger partial charge is 0.306 e. The molecule has 0 unspecified atom stereocenters. The summed E-state index contributed by atoms with van der Waals surface area (Å²) in [6.45, 7) is 6.51. The van der Waals surface area contributed by atoms with E-state index in [1.54, 1.807) is 0 Å². The number of allylic oxidation sites excluding steroid dienone is 18. The van der Waals surface area contributed by atoms with Crippen LogP contribution in [0, 0.1) is 0 Å². The molecule has 6 nitrogen and oxygen atoms in total. The van der Waals surface area contributed by atoms with Crippen LogP contribution < -0.4 is 0 Å². The molecule has 0 amide bonds. The number of esters is 3. The Hall–Kier alpha value is -3.93. The average Bonchev–Trinajstić information content (AvgIpc) is 3.41. The van der Waals surface area contributed by atoms with Crippen LogP contribution in [0.3, 0.4) is 0 Å². The number of hydrogen-bond acceptors (Lipinski definition) is 6. The Kier molecular flexibility index (Phi) is 59.3. The van der Waals surface area contributed by atoms with Crippen molar-refractivity contribution in [3.8, 4) is 0 Å². The van der Waals surface area contributed by atoms with Crippen molar-refractivity contribution in [2.24, 2.45) is 0 Å². The van der Waals surface area contributed by atoms with Crippen LogP contribution in [0.15, 0.2) is 109 Å². The lowest BCUT2D eigenvalue weighted by molar-refractivity contribution is -0.166. The van der Waals surface area contributed by atoms with Gasteiger partial charge in [0.1, 0.15) is 13.2 Å². The monoisotopic (exact) mass is 1040 g/mol. The zero-order chi connectivity index (χ0) is 54.3.